The van der Waals surface area contributed by atoms with E-state index in [0.29, 0.717) is 10.9 Å². The molecule has 4 aromatic carbocycles. The molecule has 0 aromatic heterocycles. The smallest absolute Gasteiger partial charge is 0.146 e. The molecule has 0 heterocycles. The lowest BCUT2D eigenvalue weighted by atomic mass is 9.98. The highest BCUT2D eigenvalue weighted by Gasteiger charge is 2.08. The monoisotopic (exact) mass is 448 g/mol. The lowest BCUT2D eigenvalue weighted by molar-refractivity contribution is 0.636. The number of fused-ring (bicyclic) bond motifs is 1. The summed E-state index contributed by atoms with van der Waals surface area (Å²) >= 11 is 0. The van der Waals surface area contributed by atoms with Crippen molar-refractivity contribution in [1.82, 2.24) is 0 Å². The average Bonchev–Trinajstić information content (AvgIpc) is 2.88. The average molecular weight is 449 g/mol. The van der Waals surface area contributed by atoms with Crippen molar-refractivity contribution < 1.29 is 4.39 Å². The Labute approximate surface area is 203 Å². The number of halogens is 1. The molecule has 0 unspecified atom stereocenters. The van der Waals surface area contributed by atoms with E-state index >= 15 is 4.39 Å². The van der Waals surface area contributed by atoms with Crippen LogP contribution in [0.3, 0.4) is 0 Å². The summed E-state index contributed by atoms with van der Waals surface area (Å²) in [5, 5.41) is 1.51. The second-order valence-electron chi connectivity index (χ2n) is 9.07. The second-order valence-corrected chi connectivity index (χ2v) is 9.07. The first kappa shape index (κ1) is 23.8. The van der Waals surface area contributed by atoms with Gasteiger partial charge in [0.2, 0.25) is 0 Å². The second kappa shape index (κ2) is 11.7. The molecule has 0 bridgehead atoms. The fourth-order valence-corrected chi connectivity index (χ4v) is 4.29. The minimum Gasteiger partial charge on any atom is -0.205 e. The van der Waals surface area contributed by atoms with Crippen molar-refractivity contribution >= 4 is 10.8 Å². The predicted octanol–water partition coefficient (Wildman–Crippen LogP) is 9.12. The van der Waals surface area contributed by atoms with Gasteiger partial charge in [-0.3, -0.25) is 0 Å². The Morgan fingerprint density at radius 3 is 1.97 bits per heavy atom. The molecule has 0 aliphatic heterocycles. The van der Waals surface area contributed by atoms with Crippen LogP contribution >= 0.6 is 0 Å². The molecular formula is C33H33F. The van der Waals surface area contributed by atoms with Crippen LogP contribution in [0.15, 0.2) is 78.9 Å². The van der Waals surface area contributed by atoms with Crippen molar-refractivity contribution in [1.29, 1.82) is 0 Å². The first-order valence-electron chi connectivity index (χ1n) is 12.6. The van der Waals surface area contributed by atoms with Gasteiger partial charge < -0.3 is 0 Å². The summed E-state index contributed by atoms with van der Waals surface area (Å²) in [6.45, 7) is 4.43. The Morgan fingerprint density at radius 2 is 1.26 bits per heavy atom. The Kier molecular flexibility index (Phi) is 8.16. The maximum atomic E-state index is 15.2. The summed E-state index contributed by atoms with van der Waals surface area (Å²) in [5.74, 6) is 5.92. The molecule has 34 heavy (non-hydrogen) atoms. The van der Waals surface area contributed by atoms with Gasteiger partial charge in [-0.25, -0.2) is 4.39 Å². The third-order valence-corrected chi connectivity index (χ3v) is 6.42. The molecule has 0 aliphatic rings. The van der Waals surface area contributed by atoms with E-state index in [1.807, 2.05) is 30.3 Å². The summed E-state index contributed by atoms with van der Waals surface area (Å²) in [4.78, 5) is 0. The van der Waals surface area contributed by atoms with Crippen LogP contribution in [0, 0.1) is 17.7 Å². The van der Waals surface area contributed by atoms with Gasteiger partial charge in [0.25, 0.3) is 0 Å². The van der Waals surface area contributed by atoms with Crippen LogP contribution in [0.5, 0.6) is 0 Å². The zero-order valence-corrected chi connectivity index (χ0v) is 20.3. The topological polar surface area (TPSA) is 0 Å². The van der Waals surface area contributed by atoms with Crippen LogP contribution < -0.4 is 0 Å². The molecule has 0 saturated heterocycles. The number of benzene rings is 4. The van der Waals surface area contributed by atoms with Gasteiger partial charge in [-0.1, -0.05) is 99.5 Å². The van der Waals surface area contributed by atoms with Crippen LogP contribution in [-0.2, 0) is 12.8 Å². The highest BCUT2D eigenvalue weighted by Crippen LogP contribution is 2.28. The molecule has 4 rings (SSSR count). The van der Waals surface area contributed by atoms with Crippen molar-refractivity contribution in [2.45, 2.75) is 58.8 Å². The van der Waals surface area contributed by atoms with E-state index < -0.39 is 0 Å². The third kappa shape index (κ3) is 5.95. The summed E-state index contributed by atoms with van der Waals surface area (Å²) in [7, 11) is 0. The minimum absolute atomic E-state index is 0.248. The lowest BCUT2D eigenvalue weighted by Gasteiger charge is -2.07. The third-order valence-electron chi connectivity index (χ3n) is 6.42. The van der Waals surface area contributed by atoms with E-state index in [2.05, 4.69) is 68.2 Å². The van der Waals surface area contributed by atoms with Crippen molar-refractivity contribution in [3.8, 4) is 23.0 Å². The largest absolute Gasteiger partial charge is 0.205 e. The van der Waals surface area contributed by atoms with E-state index in [1.54, 1.807) is 6.07 Å². The van der Waals surface area contributed by atoms with E-state index in [9.17, 15) is 0 Å². The van der Waals surface area contributed by atoms with Gasteiger partial charge >= 0.3 is 0 Å². The summed E-state index contributed by atoms with van der Waals surface area (Å²) < 4.78 is 15.2. The van der Waals surface area contributed by atoms with Crippen LogP contribution in [0.4, 0.5) is 4.39 Å². The Bertz CT molecular complexity index is 1280. The van der Waals surface area contributed by atoms with Crippen molar-refractivity contribution in [2.75, 3.05) is 0 Å². The molecule has 0 N–H and O–H groups in total. The summed E-state index contributed by atoms with van der Waals surface area (Å²) in [5.41, 5.74) is 6.31. The zero-order chi connectivity index (χ0) is 23.8. The van der Waals surface area contributed by atoms with E-state index in [4.69, 9.17) is 0 Å². The van der Waals surface area contributed by atoms with Gasteiger partial charge in [-0.15, -0.1) is 0 Å². The molecule has 0 spiro atoms. The highest BCUT2D eigenvalue weighted by molar-refractivity contribution is 5.89. The molecule has 0 saturated carbocycles. The van der Waals surface area contributed by atoms with Gasteiger partial charge in [0.05, 0.1) is 5.56 Å². The summed E-state index contributed by atoms with van der Waals surface area (Å²) in [6, 6.07) is 26.8. The zero-order valence-electron chi connectivity index (χ0n) is 20.3. The van der Waals surface area contributed by atoms with Gasteiger partial charge in [0.1, 0.15) is 5.82 Å². The molecule has 4 aromatic rings. The van der Waals surface area contributed by atoms with Crippen LogP contribution in [0.2, 0.25) is 0 Å². The molecule has 172 valence electrons. The molecule has 0 amide bonds. The first-order valence-corrected chi connectivity index (χ1v) is 12.6. The van der Waals surface area contributed by atoms with E-state index in [1.165, 1.54) is 43.2 Å². The van der Waals surface area contributed by atoms with Gasteiger partial charge in [0, 0.05) is 10.9 Å². The molecule has 0 fully saturated rings. The quantitative estimate of drug-likeness (QED) is 0.186. The SMILES string of the molecule is CCCCCc1ccc(C#Cc2ccc3cc(-c4ccc(CCCC)cc4)ccc3c2F)cc1. The van der Waals surface area contributed by atoms with Crippen molar-refractivity contribution in [3.63, 3.8) is 0 Å². The number of unbranched alkanes of at least 4 members (excludes halogenated alkanes) is 3. The van der Waals surface area contributed by atoms with Crippen molar-refractivity contribution in [3.05, 3.63) is 107 Å². The van der Waals surface area contributed by atoms with Crippen LogP contribution in [0.1, 0.15) is 68.2 Å². The summed E-state index contributed by atoms with van der Waals surface area (Å²) in [6.07, 6.45) is 8.35. The molecular weight excluding hydrogens is 415 g/mol. The molecule has 0 aliphatic carbocycles. The highest BCUT2D eigenvalue weighted by atomic mass is 19.1. The normalized spacial score (nSPS) is 10.8. The number of aryl methyl sites for hydroxylation is 2. The standard InChI is InChI=1S/C33H33F/c1-3-5-7-9-26-10-12-27(13-11-26)16-19-29-20-21-31-24-30(22-23-32(31)33(29)34)28-17-14-25(15-18-28)8-6-4-2/h10-15,17-18,20-24H,3-9H2,1-2H3. The number of hydrogen-bond donors (Lipinski definition) is 0. The number of hydrogen-bond acceptors (Lipinski definition) is 0. The van der Waals surface area contributed by atoms with Gasteiger partial charge in [0.15, 0.2) is 0 Å². The number of rotatable bonds is 8. The fourth-order valence-electron chi connectivity index (χ4n) is 4.29. The Hall–Kier alpha value is -3.37. The molecule has 0 radical (unpaired) electrons. The fraction of sp³-hybridized carbons (Fsp3) is 0.273. The Balaban J connectivity index is 1.51. The maximum absolute atomic E-state index is 15.2. The molecule has 1 heteroatoms. The first-order chi connectivity index (χ1) is 16.7. The molecule has 0 atom stereocenters. The Morgan fingerprint density at radius 1 is 0.618 bits per heavy atom. The maximum Gasteiger partial charge on any atom is 0.146 e. The van der Waals surface area contributed by atoms with E-state index in [0.717, 1.165) is 34.9 Å². The lowest BCUT2D eigenvalue weighted by Crippen LogP contribution is -1.89. The van der Waals surface area contributed by atoms with Gasteiger partial charge in [-0.2, -0.15) is 0 Å². The van der Waals surface area contributed by atoms with Crippen molar-refractivity contribution in [2.24, 2.45) is 0 Å². The minimum atomic E-state index is -0.248. The van der Waals surface area contributed by atoms with E-state index in [-0.39, 0.29) is 5.82 Å². The van der Waals surface area contributed by atoms with Gasteiger partial charge in [-0.05, 0) is 77.6 Å². The predicted molar refractivity (Wildman–Crippen MR) is 144 cm³/mol. The van der Waals surface area contributed by atoms with Crippen LogP contribution in [0.25, 0.3) is 21.9 Å². The molecule has 0 nitrogen and oxygen atoms in total. The van der Waals surface area contributed by atoms with Crippen LogP contribution in [-0.4, -0.2) is 0 Å².